The fourth-order valence-electron chi connectivity index (χ4n) is 4.26. The van der Waals surface area contributed by atoms with E-state index in [1.54, 1.807) is 30.3 Å². The van der Waals surface area contributed by atoms with Gasteiger partial charge in [0, 0.05) is 18.3 Å². The zero-order chi connectivity index (χ0) is 28.2. The van der Waals surface area contributed by atoms with Crippen molar-refractivity contribution in [2.24, 2.45) is 5.73 Å². The molecular formula is C28H25N5O6S. The third-order valence-corrected chi connectivity index (χ3v) is 7.05. The number of nitrogens with one attached hydrogen (secondary N) is 1. The van der Waals surface area contributed by atoms with E-state index in [0.717, 1.165) is 5.56 Å². The first-order chi connectivity index (χ1) is 19.3. The number of nitrogen functional groups attached to an aromatic ring is 1. The molecule has 0 aliphatic carbocycles. The minimum atomic E-state index is -1.22. The average Bonchev–Trinajstić information content (AvgIpc) is 3.36. The van der Waals surface area contributed by atoms with E-state index in [1.807, 2.05) is 30.3 Å². The average molecular weight is 560 g/mol. The zero-order valence-electron chi connectivity index (χ0n) is 21.1. The second-order valence-corrected chi connectivity index (χ2v) is 9.61. The largest absolute Gasteiger partial charge is 0.508 e. The number of primary amides is 1. The molecule has 0 fully saturated rings. The number of phenols is 1. The molecule has 204 valence electrons. The summed E-state index contributed by atoms with van der Waals surface area (Å²) < 4.78 is 15.3. The quantitative estimate of drug-likeness (QED) is 0.255. The van der Waals surface area contributed by atoms with Gasteiger partial charge in [-0.15, -0.1) is 0 Å². The Hall–Kier alpha value is -5.10. The molecule has 12 heteroatoms. The van der Waals surface area contributed by atoms with Crippen molar-refractivity contribution < 1.29 is 29.0 Å². The summed E-state index contributed by atoms with van der Waals surface area (Å²) in [6.45, 7) is 0.888. The molecule has 0 unspecified atom stereocenters. The van der Waals surface area contributed by atoms with Gasteiger partial charge in [0.05, 0.1) is 5.69 Å². The maximum absolute atomic E-state index is 14.2. The number of rotatable bonds is 8. The molecule has 0 saturated heterocycles. The molecular weight excluding hydrogens is 534 g/mol. The summed E-state index contributed by atoms with van der Waals surface area (Å²) in [5, 5.41) is 12.8. The first kappa shape index (κ1) is 26.5. The first-order valence-corrected chi connectivity index (χ1v) is 13.0. The van der Waals surface area contributed by atoms with Crippen LogP contribution < -0.4 is 31.2 Å². The normalized spacial score (nSPS) is 12.8. The third-order valence-electron chi connectivity index (χ3n) is 6.20. The molecule has 4 aromatic rings. The van der Waals surface area contributed by atoms with E-state index in [1.165, 1.54) is 17.0 Å². The number of aromatic hydroxyl groups is 1. The number of fused-ring (bicyclic) bond motifs is 1. The molecule has 6 N–H and O–H groups in total. The van der Waals surface area contributed by atoms with Crippen LogP contribution in [-0.2, 0) is 11.3 Å². The van der Waals surface area contributed by atoms with Crippen LogP contribution in [0.2, 0.25) is 0 Å². The minimum absolute atomic E-state index is 0.0119. The number of phenolic OH excluding ortho intramolecular Hbond substituents is 1. The summed E-state index contributed by atoms with van der Waals surface area (Å²) in [6, 6.07) is 18.9. The third kappa shape index (κ3) is 5.38. The van der Waals surface area contributed by atoms with Crippen LogP contribution in [0.5, 0.6) is 17.2 Å². The molecule has 1 aliphatic rings. The van der Waals surface area contributed by atoms with Crippen molar-refractivity contribution in [1.29, 1.82) is 0 Å². The number of benzene rings is 3. The highest BCUT2D eigenvalue weighted by Crippen LogP contribution is 2.39. The lowest BCUT2D eigenvalue weighted by molar-refractivity contribution is -0.122. The summed E-state index contributed by atoms with van der Waals surface area (Å²) in [7, 11) is 0. The van der Waals surface area contributed by atoms with Crippen molar-refractivity contribution in [1.82, 2.24) is 9.69 Å². The van der Waals surface area contributed by atoms with Crippen LogP contribution in [0.15, 0.2) is 72.8 Å². The summed E-state index contributed by atoms with van der Waals surface area (Å²) in [5.41, 5.74) is 12.7. The van der Waals surface area contributed by atoms with Crippen molar-refractivity contribution in [2.45, 2.75) is 12.6 Å². The number of amides is 3. The number of anilines is 2. The molecule has 0 bridgehead atoms. The van der Waals surface area contributed by atoms with Crippen LogP contribution in [0.25, 0.3) is 0 Å². The molecule has 3 aromatic carbocycles. The Morgan fingerprint density at radius 2 is 1.70 bits per heavy atom. The summed E-state index contributed by atoms with van der Waals surface area (Å²) in [6.07, 6.45) is 0. The standard InChI is InChI=1S/C28H25N5O6S/c29-22-23(26(30)35)32-40-25(22)28(37)33(18-8-11-20-21(14-18)39-13-12-38-20)24(17-6-9-19(34)10-7-17)27(36)31-15-16-4-2-1-3-5-16/h1-11,14,24,34H,12-13,15,29H2,(H2,30,35)(H,31,36)/t24-/m0/s1. The Labute approximate surface area is 233 Å². The summed E-state index contributed by atoms with van der Waals surface area (Å²) in [4.78, 5) is 41.1. The predicted molar refractivity (Wildman–Crippen MR) is 148 cm³/mol. The molecule has 0 saturated carbocycles. The van der Waals surface area contributed by atoms with Gasteiger partial charge in [0.1, 0.15) is 29.9 Å². The van der Waals surface area contributed by atoms with Crippen LogP contribution in [0.1, 0.15) is 37.3 Å². The Balaban J connectivity index is 1.63. The van der Waals surface area contributed by atoms with Crippen LogP contribution >= 0.6 is 11.5 Å². The molecule has 3 amide bonds. The van der Waals surface area contributed by atoms with Gasteiger partial charge in [0.15, 0.2) is 17.2 Å². The molecule has 11 nitrogen and oxygen atoms in total. The summed E-state index contributed by atoms with van der Waals surface area (Å²) >= 11 is 0.707. The van der Waals surface area contributed by atoms with Crippen LogP contribution in [0.3, 0.4) is 0 Å². The van der Waals surface area contributed by atoms with Gasteiger partial charge in [-0.05, 0) is 46.9 Å². The predicted octanol–water partition coefficient (Wildman–Crippen LogP) is 3.01. The summed E-state index contributed by atoms with van der Waals surface area (Å²) in [5.74, 6) is -1.20. The number of nitrogens with zero attached hydrogens (tertiary/aromatic N) is 2. The van der Waals surface area contributed by atoms with Gasteiger partial charge in [-0.25, -0.2) is 0 Å². The second kappa shape index (κ2) is 11.3. The SMILES string of the molecule is NC(=O)c1nsc(C(=O)N(c2ccc3c(c2)OCCO3)[C@H](C(=O)NCc2ccccc2)c2ccc(O)cc2)c1N. The number of carbonyl (C=O) groups is 3. The van der Waals surface area contributed by atoms with Crippen molar-refractivity contribution in [3.05, 3.63) is 94.5 Å². The number of ether oxygens (including phenoxy) is 2. The second-order valence-electron chi connectivity index (χ2n) is 8.84. The molecule has 5 rings (SSSR count). The molecule has 2 heterocycles. The van der Waals surface area contributed by atoms with Crippen LogP contribution in [-0.4, -0.2) is 40.4 Å². The Bertz CT molecular complexity index is 1560. The smallest absolute Gasteiger partial charge is 0.273 e. The number of hydrogen-bond donors (Lipinski definition) is 4. The van der Waals surface area contributed by atoms with E-state index in [-0.39, 0.29) is 28.6 Å². The van der Waals surface area contributed by atoms with Crippen LogP contribution in [0, 0.1) is 0 Å². The van der Waals surface area contributed by atoms with Gasteiger partial charge < -0.3 is 31.4 Å². The van der Waals surface area contributed by atoms with E-state index < -0.39 is 23.8 Å². The molecule has 1 aromatic heterocycles. The lowest BCUT2D eigenvalue weighted by atomic mass is 10.0. The highest BCUT2D eigenvalue weighted by molar-refractivity contribution is 7.09. The fourth-order valence-corrected chi connectivity index (χ4v) is 5.00. The van der Waals surface area contributed by atoms with Gasteiger partial charge >= 0.3 is 0 Å². The monoisotopic (exact) mass is 559 g/mol. The molecule has 0 radical (unpaired) electrons. The Morgan fingerprint density at radius 3 is 2.38 bits per heavy atom. The van der Waals surface area contributed by atoms with Crippen molar-refractivity contribution in [3.63, 3.8) is 0 Å². The highest BCUT2D eigenvalue weighted by atomic mass is 32.1. The van der Waals surface area contributed by atoms with Gasteiger partial charge in [-0.2, -0.15) is 4.37 Å². The van der Waals surface area contributed by atoms with Gasteiger partial charge in [-0.1, -0.05) is 42.5 Å². The van der Waals surface area contributed by atoms with Gasteiger partial charge in [0.25, 0.3) is 11.8 Å². The lowest BCUT2D eigenvalue weighted by Crippen LogP contribution is -2.44. The number of aromatic nitrogens is 1. The van der Waals surface area contributed by atoms with E-state index in [9.17, 15) is 19.5 Å². The van der Waals surface area contributed by atoms with Crippen molar-refractivity contribution in [2.75, 3.05) is 23.8 Å². The van der Waals surface area contributed by atoms with Gasteiger partial charge in [-0.3, -0.25) is 19.3 Å². The minimum Gasteiger partial charge on any atom is -0.508 e. The zero-order valence-corrected chi connectivity index (χ0v) is 21.9. The van der Waals surface area contributed by atoms with Crippen LogP contribution in [0.4, 0.5) is 11.4 Å². The van der Waals surface area contributed by atoms with Crippen molar-refractivity contribution >= 4 is 40.6 Å². The van der Waals surface area contributed by atoms with E-state index in [2.05, 4.69) is 9.69 Å². The first-order valence-electron chi connectivity index (χ1n) is 12.2. The number of carbonyl (C=O) groups excluding carboxylic acids is 3. The van der Waals surface area contributed by atoms with Gasteiger partial charge in [0.2, 0.25) is 5.91 Å². The lowest BCUT2D eigenvalue weighted by Gasteiger charge is -2.32. The topological polar surface area (TPSA) is 170 Å². The molecule has 1 aliphatic heterocycles. The van der Waals surface area contributed by atoms with E-state index in [4.69, 9.17) is 20.9 Å². The molecule has 1 atom stereocenters. The Kier molecular flexibility index (Phi) is 7.51. The fraction of sp³-hybridized carbons (Fsp3) is 0.143. The van der Waals surface area contributed by atoms with E-state index in [0.29, 0.717) is 47.5 Å². The molecule has 0 spiro atoms. The maximum atomic E-state index is 14.2. The Morgan fingerprint density at radius 1 is 1.00 bits per heavy atom. The highest BCUT2D eigenvalue weighted by Gasteiger charge is 2.36. The number of nitrogens with two attached hydrogens (primary N) is 2. The number of hydrogen-bond acceptors (Lipinski definition) is 9. The van der Waals surface area contributed by atoms with E-state index >= 15 is 0 Å². The van der Waals surface area contributed by atoms with Crippen molar-refractivity contribution in [3.8, 4) is 17.2 Å². The maximum Gasteiger partial charge on any atom is 0.273 e. The molecule has 40 heavy (non-hydrogen) atoms.